The second kappa shape index (κ2) is 42.7. The van der Waals surface area contributed by atoms with Crippen LogP contribution in [0.25, 0.3) is 0 Å². The number of phosphoric ester groups is 1. The quantitative estimate of drug-likeness (QED) is 0.0276. The molecule has 0 aromatic carbocycles. The molecule has 0 saturated heterocycles. The lowest BCUT2D eigenvalue weighted by atomic mass is 9.99. The van der Waals surface area contributed by atoms with E-state index in [0.717, 1.165) is 89.9 Å². The summed E-state index contributed by atoms with van der Waals surface area (Å²) < 4.78 is 40.9. The van der Waals surface area contributed by atoms with Gasteiger partial charge < -0.3 is 14.8 Å². The molecular weight excluding hydrogens is 765 g/mol. The first-order chi connectivity index (χ1) is 28.7. The third kappa shape index (κ3) is 37.5. The van der Waals surface area contributed by atoms with Crippen molar-refractivity contribution in [3.05, 3.63) is 24.3 Å². The van der Waals surface area contributed by atoms with Gasteiger partial charge in [-0.25, -0.2) is 4.57 Å². The lowest BCUT2D eigenvalue weighted by molar-refractivity contribution is -0.162. The number of esters is 2. The van der Waals surface area contributed by atoms with Crippen LogP contribution in [0.5, 0.6) is 0 Å². The third-order valence-electron chi connectivity index (χ3n) is 10.4. The summed E-state index contributed by atoms with van der Waals surface area (Å²) in [6, 6.07) is 0. The summed E-state index contributed by atoms with van der Waals surface area (Å²) in [6.45, 7) is 8.15. The minimum absolute atomic E-state index is 0.0929. The lowest BCUT2D eigenvalue weighted by Crippen LogP contribution is -2.31. The summed E-state index contributed by atoms with van der Waals surface area (Å²) in [5.41, 5.74) is 0. The van der Waals surface area contributed by atoms with Crippen LogP contribution in [0.3, 0.4) is 0 Å². The van der Waals surface area contributed by atoms with Crippen molar-refractivity contribution in [1.82, 2.24) is 5.32 Å². The molecule has 1 N–H and O–H groups in total. The van der Waals surface area contributed by atoms with Crippen LogP contribution in [0.2, 0.25) is 0 Å². The van der Waals surface area contributed by atoms with Crippen LogP contribution >= 0.6 is 7.82 Å². The topological polar surface area (TPSA) is 126 Å². The molecule has 2 unspecified atom stereocenters. The van der Waals surface area contributed by atoms with Crippen molar-refractivity contribution < 1.29 is 42.0 Å². The maximum absolute atomic E-state index is 13.4. The molecule has 0 fully saturated rings. The van der Waals surface area contributed by atoms with E-state index in [1.54, 1.807) is 0 Å². The predicted octanol–water partition coefficient (Wildman–Crippen LogP) is 13.9. The zero-order valence-corrected chi connectivity index (χ0v) is 39.5. The molecule has 0 bridgehead atoms. The standard InChI is InChI=1S/C48H90NO9P/c1-6-10-14-17-19-21-22-23-24-25-26-27-29-31-35-39-47(51)58-45(43-57-59(53,54-5)56-41-40-49-46(50)38-32-13-9-4)42-55-48(52)44(36-33-16-12-8-3)37-34-30-28-20-18-15-11-7-2/h23-24,34,37,44-45H,6-22,25-33,35-36,38-43H2,1-5H3,(H,49,50)/b24-23+,37-34-/t44?,45-,59?/m1/s1. The Morgan fingerprint density at radius 1 is 0.576 bits per heavy atom. The average molecular weight is 856 g/mol. The molecule has 346 valence electrons. The Morgan fingerprint density at radius 3 is 1.64 bits per heavy atom. The molecule has 0 aromatic rings. The van der Waals surface area contributed by atoms with E-state index in [1.807, 2.05) is 6.08 Å². The van der Waals surface area contributed by atoms with E-state index in [0.29, 0.717) is 19.3 Å². The van der Waals surface area contributed by atoms with Gasteiger partial charge in [0.2, 0.25) is 5.91 Å². The molecular formula is C48H90NO9P. The van der Waals surface area contributed by atoms with Gasteiger partial charge >= 0.3 is 19.8 Å². The van der Waals surface area contributed by atoms with E-state index in [1.165, 1.54) is 84.2 Å². The molecule has 0 aromatic heterocycles. The highest BCUT2D eigenvalue weighted by Crippen LogP contribution is 2.48. The molecule has 0 saturated carbocycles. The van der Waals surface area contributed by atoms with Gasteiger partial charge in [-0.2, -0.15) is 0 Å². The van der Waals surface area contributed by atoms with Crippen LogP contribution in [0.4, 0.5) is 0 Å². The smallest absolute Gasteiger partial charge is 0.461 e. The fraction of sp³-hybridized carbons (Fsp3) is 0.854. The average Bonchev–Trinajstić information content (AvgIpc) is 3.23. The van der Waals surface area contributed by atoms with Gasteiger partial charge in [-0.1, -0.05) is 174 Å². The number of hydrogen-bond donors (Lipinski definition) is 1. The zero-order chi connectivity index (χ0) is 43.5. The van der Waals surface area contributed by atoms with Crippen LogP contribution in [0, 0.1) is 5.92 Å². The van der Waals surface area contributed by atoms with Crippen molar-refractivity contribution in [2.24, 2.45) is 5.92 Å². The van der Waals surface area contributed by atoms with E-state index in [-0.39, 0.29) is 44.7 Å². The van der Waals surface area contributed by atoms with Crippen molar-refractivity contribution in [2.45, 2.75) is 226 Å². The molecule has 10 nitrogen and oxygen atoms in total. The number of allylic oxidation sites excluding steroid dienone is 3. The van der Waals surface area contributed by atoms with Crippen molar-refractivity contribution >= 4 is 25.7 Å². The highest BCUT2D eigenvalue weighted by atomic mass is 31.2. The summed E-state index contributed by atoms with van der Waals surface area (Å²) >= 11 is 0. The van der Waals surface area contributed by atoms with Gasteiger partial charge in [-0.3, -0.25) is 28.0 Å². The van der Waals surface area contributed by atoms with E-state index < -0.39 is 25.8 Å². The third-order valence-corrected chi connectivity index (χ3v) is 11.9. The Labute approximate surface area is 362 Å². The van der Waals surface area contributed by atoms with E-state index in [9.17, 15) is 18.9 Å². The number of nitrogens with one attached hydrogen (secondary N) is 1. The Hall–Kier alpha value is -2.00. The van der Waals surface area contributed by atoms with Crippen LogP contribution < -0.4 is 5.32 Å². The maximum atomic E-state index is 13.4. The number of carbonyl (C=O) groups excluding carboxylic acids is 3. The molecule has 0 aliphatic rings. The Morgan fingerprint density at radius 2 is 1.07 bits per heavy atom. The first-order valence-electron chi connectivity index (χ1n) is 24.1. The first-order valence-corrected chi connectivity index (χ1v) is 25.6. The highest BCUT2D eigenvalue weighted by molar-refractivity contribution is 7.48. The Kier molecular flexibility index (Phi) is 41.2. The molecule has 0 aliphatic heterocycles. The molecule has 0 spiro atoms. The van der Waals surface area contributed by atoms with Crippen molar-refractivity contribution in [1.29, 1.82) is 0 Å². The number of ether oxygens (including phenoxy) is 2. The molecule has 3 atom stereocenters. The van der Waals surface area contributed by atoms with E-state index >= 15 is 0 Å². The molecule has 1 amide bonds. The van der Waals surface area contributed by atoms with Crippen LogP contribution in [-0.2, 0) is 42.0 Å². The monoisotopic (exact) mass is 856 g/mol. The van der Waals surface area contributed by atoms with Gasteiger partial charge in [0, 0.05) is 26.5 Å². The first kappa shape index (κ1) is 57.0. The maximum Gasteiger partial charge on any atom is 0.474 e. The van der Waals surface area contributed by atoms with Gasteiger partial charge in [0.05, 0.1) is 19.1 Å². The van der Waals surface area contributed by atoms with Crippen molar-refractivity contribution in [3.63, 3.8) is 0 Å². The van der Waals surface area contributed by atoms with Gasteiger partial charge in [-0.15, -0.1) is 0 Å². The number of unbranched alkanes of at least 4 members (excludes halogenated alkanes) is 22. The van der Waals surface area contributed by atoms with Crippen LogP contribution in [0.15, 0.2) is 24.3 Å². The normalized spacial score (nSPS) is 13.8. The van der Waals surface area contributed by atoms with Crippen molar-refractivity contribution in [3.8, 4) is 0 Å². The van der Waals surface area contributed by atoms with Gasteiger partial charge in [0.25, 0.3) is 0 Å². The Bertz CT molecular complexity index is 1100. The van der Waals surface area contributed by atoms with Gasteiger partial charge in [0.1, 0.15) is 6.61 Å². The largest absolute Gasteiger partial charge is 0.474 e. The SMILES string of the molecule is CCCCCCCC/C=C\C(CCCCCC)C(=O)OC[C@H](COP(=O)(OC)OCCNC(=O)CCCCC)OC(=O)CCCCCCC/C=C/CCCCCCCC. The second-order valence-corrected chi connectivity index (χ2v) is 17.9. The predicted molar refractivity (Wildman–Crippen MR) is 243 cm³/mol. The number of phosphoric acid groups is 1. The molecule has 59 heavy (non-hydrogen) atoms. The molecule has 0 radical (unpaired) electrons. The minimum Gasteiger partial charge on any atom is -0.461 e. The summed E-state index contributed by atoms with van der Waals surface area (Å²) in [6.07, 6.45) is 39.3. The molecule has 0 aliphatic carbocycles. The van der Waals surface area contributed by atoms with Crippen LogP contribution in [0.1, 0.15) is 220 Å². The summed E-state index contributed by atoms with van der Waals surface area (Å²) in [5.74, 6) is -1.30. The van der Waals surface area contributed by atoms with Crippen LogP contribution in [-0.4, -0.2) is 57.4 Å². The van der Waals surface area contributed by atoms with Gasteiger partial charge in [0.15, 0.2) is 6.10 Å². The highest BCUT2D eigenvalue weighted by Gasteiger charge is 2.29. The minimum atomic E-state index is -4.06. The van der Waals surface area contributed by atoms with Gasteiger partial charge in [-0.05, 0) is 57.8 Å². The lowest BCUT2D eigenvalue weighted by Gasteiger charge is -2.22. The zero-order valence-electron chi connectivity index (χ0n) is 38.6. The summed E-state index contributed by atoms with van der Waals surface area (Å²) in [4.78, 5) is 38.5. The van der Waals surface area contributed by atoms with E-state index in [4.69, 9.17) is 23.0 Å². The number of amides is 1. The fourth-order valence-electron chi connectivity index (χ4n) is 6.66. The molecule has 11 heteroatoms. The second-order valence-electron chi connectivity index (χ2n) is 16.1. The summed E-state index contributed by atoms with van der Waals surface area (Å²) in [5, 5.41) is 2.75. The molecule has 0 heterocycles. The number of rotatable bonds is 44. The number of hydrogen-bond acceptors (Lipinski definition) is 9. The summed E-state index contributed by atoms with van der Waals surface area (Å²) in [7, 11) is -2.85. The fourth-order valence-corrected chi connectivity index (χ4v) is 7.61. The Balaban J connectivity index is 5.18. The van der Waals surface area contributed by atoms with Crippen molar-refractivity contribution in [2.75, 3.05) is 33.5 Å². The van der Waals surface area contributed by atoms with E-state index in [2.05, 4.69) is 51.2 Å². The number of carbonyl (C=O) groups is 3. The molecule has 0 rings (SSSR count).